The number of rotatable bonds is 2. The van der Waals surface area contributed by atoms with Gasteiger partial charge in [0.1, 0.15) is 5.69 Å². The van der Waals surface area contributed by atoms with Gasteiger partial charge in [-0.1, -0.05) is 0 Å². The monoisotopic (exact) mass is 216 g/mol. The maximum Gasteiger partial charge on any atom is 0.251 e. The molecule has 0 aromatic carbocycles. The maximum atomic E-state index is 10.9. The zero-order valence-corrected chi connectivity index (χ0v) is 8.47. The molecule has 3 aromatic heterocycles. The van der Waals surface area contributed by atoms with Crippen molar-refractivity contribution in [1.82, 2.24) is 19.6 Å². The SMILES string of the molecule is Cc1nc2nc(-c3ccco3)[nH]n2c1C=O. The number of aromatic nitrogens is 4. The van der Waals surface area contributed by atoms with E-state index in [1.54, 1.807) is 29.8 Å². The lowest BCUT2D eigenvalue weighted by Gasteiger charge is -1.90. The third kappa shape index (κ3) is 1.10. The van der Waals surface area contributed by atoms with Gasteiger partial charge in [-0.15, -0.1) is 0 Å². The summed E-state index contributed by atoms with van der Waals surface area (Å²) in [5.74, 6) is 1.63. The highest BCUT2D eigenvalue weighted by molar-refractivity contribution is 5.75. The van der Waals surface area contributed by atoms with Crippen LogP contribution >= 0.6 is 0 Å². The number of carbonyl (C=O) groups is 1. The number of hydrogen-bond acceptors (Lipinski definition) is 4. The number of aldehydes is 1. The highest BCUT2D eigenvalue weighted by Crippen LogP contribution is 2.17. The molecule has 0 amide bonds. The van der Waals surface area contributed by atoms with E-state index in [1.165, 1.54) is 0 Å². The second kappa shape index (κ2) is 3.06. The van der Waals surface area contributed by atoms with E-state index in [0.29, 0.717) is 28.8 Å². The molecule has 6 nitrogen and oxygen atoms in total. The third-order valence-electron chi connectivity index (χ3n) is 2.38. The molecule has 3 rings (SSSR count). The van der Waals surface area contributed by atoms with Gasteiger partial charge in [0.05, 0.1) is 12.0 Å². The zero-order valence-electron chi connectivity index (χ0n) is 8.47. The largest absolute Gasteiger partial charge is 0.461 e. The van der Waals surface area contributed by atoms with Crippen molar-refractivity contribution in [3.8, 4) is 11.6 Å². The minimum atomic E-state index is 0.464. The summed E-state index contributed by atoms with van der Waals surface area (Å²) in [4.78, 5) is 19.3. The Hall–Kier alpha value is -2.37. The number of H-pyrrole nitrogens is 1. The summed E-state index contributed by atoms with van der Waals surface area (Å²) >= 11 is 0. The lowest BCUT2D eigenvalue weighted by Crippen LogP contribution is -1.93. The van der Waals surface area contributed by atoms with Crippen molar-refractivity contribution in [3.63, 3.8) is 0 Å². The molecule has 0 aliphatic rings. The summed E-state index contributed by atoms with van der Waals surface area (Å²) < 4.78 is 6.74. The van der Waals surface area contributed by atoms with Gasteiger partial charge in [-0.05, 0) is 19.1 Å². The third-order valence-corrected chi connectivity index (χ3v) is 2.38. The van der Waals surface area contributed by atoms with E-state index in [2.05, 4.69) is 15.1 Å². The number of aromatic amines is 1. The zero-order chi connectivity index (χ0) is 11.1. The van der Waals surface area contributed by atoms with Crippen molar-refractivity contribution in [2.75, 3.05) is 0 Å². The van der Waals surface area contributed by atoms with E-state index >= 15 is 0 Å². The highest BCUT2D eigenvalue weighted by Gasteiger charge is 2.14. The van der Waals surface area contributed by atoms with Crippen molar-refractivity contribution < 1.29 is 9.21 Å². The number of imidazole rings is 1. The Morgan fingerprint density at radius 3 is 3.06 bits per heavy atom. The van der Waals surface area contributed by atoms with Crippen LogP contribution < -0.4 is 0 Å². The van der Waals surface area contributed by atoms with Crippen molar-refractivity contribution in [3.05, 3.63) is 29.8 Å². The topological polar surface area (TPSA) is 76.2 Å². The molecule has 3 aromatic rings. The first-order valence-corrected chi connectivity index (χ1v) is 4.73. The number of aryl methyl sites for hydroxylation is 1. The van der Waals surface area contributed by atoms with Crippen molar-refractivity contribution in [1.29, 1.82) is 0 Å². The van der Waals surface area contributed by atoms with Gasteiger partial charge in [-0.3, -0.25) is 9.89 Å². The Labute approximate surface area is 89.9 Å². The molecule has 0 saturated carbocycles. The molecule has 0 bridgehead atoms. The average molecular weight is 216 g/mol. The molecule has 0 radical (unpaired) electrons. The van der Waals surface area contributed by atoms with E-state index in [0.717, 1.165) is 6.29 Å². The van der Waals surface area contributed by atoms with Crippen LogP contribution in [0.3, 0.4) is 0 Å². The van der Waals surface area contributed by atoms with Crippen LogP contribution in [-0.2, 0) is 0 Å². The fraction of sp³-hybridized carbons (Fsp3) is 0.100. The van der Waals surface area contributed by atoms with Crippen LogP contribution in [-0.4, -0.2) is 25.9 Å². The average Bonchev–Trinajstić information content (AvgIpc) is 2.90. The second-order valence-electron chi connectivity index (χ2n) is 3.39. The second-order valence-corrected chi connectivity index (χ2v) is 3.39. The van der Waals surface area contributed by atoms with Crippen molar-refractivity contribution in [2.45, 2.75) is 6.92 Å². The van der Waals surface area contributed by atoms with Crippen LogP contribution in [0.5, 0.6) is 0 Å². The van der Waals surface area contributed by atoms with Crippen LogP contribution in [0, 0.1) is 6.92 Å². The Balaban J connectivity index is 2.25. The molecular weight excluding hydrogens is 208 g/mol. The fourth-order valence-electron chi connectivity index (χ4n) is 1.60. The normalized spacial score (nSPS) is 11.1. The Morgan fingerprint density at radius 2 is 2.38 bits per heavy atom. The number of nitrogens with one attached hydrogen (secondary N) is 1. The molecule has 0 spiro atoms. The molecule has 6 heteroatoms. The Morgan fingerprint density at radius 1 is 1.50 bits per heavy atom. The number of furan rings is 1. The minimum Gasteiger partial charge on any atom is -0.461 e. The van der Waals surface area contributed by atoms with Gasteiger partial charge < -0.3 is 4.42 Å². The quantitative estimate of drug-likeness (QED) is 0.657. The molecule has 0 fully saturated rings. The Bertz CT molecular complexity index is 648. The predicted molar refractivity (Wildman–Crippen MR) is 55.2 cm³/mol. The number of fused-ring (bicyclic) bond motifs is 1. The molecule has 0 atom stereocenters. The van der Waals surface area contributed by atoms with Crippen LogP contribution in [0.25, 0.3) is 17.4 Å². The van der Waals surface area contributed by atoms with Crippen LogP contribution in [0.4, 0.5) is 0 Å². The summed E-state index contributed by atoms with van der Waals surface area (Å²) in [5, 5.41) is 2.96. The molecule has 16 heavy (non-hydrogen) atoms. The van der Waals surface area contributed by atoms with Crippen molar-refractivity contribution in [2.24, 2.45) is 0 Å². The van der Waals surface area contributed by atoms with E-state index in [1.807, 2.05) is 0 Å². The van der Waals surface area contributed by atoms with E-state index < -0.39 is 0 Å². The summed E-state index contributed by atoms with van der Waals surface area (Å²) in [6.45, 7) is 1.76. The molecule has 80 valence electrons. The van der Waals surface area contributed by atoms with Crippen LogP contribution in [0.2, 0.25) is 0 Å². The van der Waals surface area contributed by atoms with E-state index in [-0.39, 0.29) is 0 Å². The summed E-state index contributed by atoms with van der Waals surface area (Å²) in [5.41, 5.74) is 1.13. The van der Waals surface area contributed by atoms with Gasteiger partial charge in [0, 0.05) is 0 Å². The number of carbonyl (C=O) groups excluding carboxylic acids is 1. The maximum absolute atomic E-state index is 10.9. The molecular formula is C10H8N4O2. The molecule has 0 aliphatic carbocycles. The molecule has 1 N–H and O–H groups in total. The van der Waals surface area contributed by atoms with E-state index in [4.69, 9.17) is 4.42 Å². The first kappa shape index (κ1) is 8.90. The lowest BCUT2D eigenvalue weighted by atomic mass is 10.4. The number of nitrogens with zero attached hydrogens (tertiary/aromatic N) is 3. The lowest BCUT2D eigenvalue weighted by molar-refractivity contribution is 0.111. The van der Waals surface area contributed by atoms with Gasteiger partial charge in [0.15, 0.2) is 17.9 Å². The van der Waals surface area contributed by atoms with Gasteiger partial charge in [0.2, 0.25) is 0 Å². The first-order valence-electron chi connectivity index (χ1n) is 4.73. The van der Waals surface area contributed by atoms with Gasteiger partial charge in [-0.2, -0.15) is 4.98 Å². The van der Waals surface area contributed by atoms with Gasteiger partial charge in [-0.25, -0.2) is 9.50 Å². The van der Waals surface area contributed by atoms with Crippen molar-refractivity contribution >= 4 is 12.1 Å². The molecule has 0 aliphatic heterocycles. The van der Waals surface area contributed by atoms with Crippen LogP contribution in [0.15, 0.2) is 22.8 Å². The van der Waals surface area contributed by atoms with E-state index in [9.17, 15) is 4.79 Å². The van der Waals surface area contributed by atoms with Crippen LogP contribution in [0.1, 0.15) is 16.2 Å². The molecule has 0 saturated heterocycles. The number of hydrogen-bond donors (Lipinski definition) is 1. The predicted octanol–water partition coefficient (Wildman–Crippen LogP) is 1.44. The molecule has 3 heterocycles. The summed E-state index contributed by atoms with van der Waals surface area (Å²) in [6, 6.07) is 3.55. The highest BCUT2D eigenvalue weighted by atomic mass is 16.3. The summed E-state index contributed by atoms with van der Waals surface area (Å²) in [7, 11) is 0. The fourth-order valence-corrected chi connectivity index (χ4v) is 1.60. The minimum absolute atomic E-state index is 0.464. The van der Waals surface area contributed by atoms with Gasteiger partial charge in [0.25, 0.3) is 5.78 Å². The first-order chi connectivity index (χ1) is 7.79. The van der Waals surface area contributed by atoms with Gasteiger partial charge >= 0.3 is 0 Å². The Kier molecular flexibility index (Phi) is 1.70. The smallest absolute Gasteiger partial charge is 0.251 e. The standard InChI is InChI=1S/C10H8N4O2/c1-6-7(5-15)14-10(11-6)12-9(13-14)8-3-2-4-16-8/h2-5H,1H3,(H,11,12,13). The molecule has 0 unspecified atom stereocenters. The summed E-state index contributed by atoms with van der Waals surface area (Å²) in [6.07, 6.45) is 2.31.